The van der Waals surface area contributed by atoms with Crippen LogP contribution in [0.25, 0.3) is 0 Å². The number of pyridine rings is 1. The van der Waals surface area contributed by atoms with Crippen molar-refractivity contribution in [1.82, 2.24) is 4.98 Å². The Balaban J connectivity index is 1.96. The Labute approximate surface area is 146 Å². The first kappa shape index (κ1) is 17.0. The Bertz CT molecular complexity index is 731. The molecule has 132 valence electrons. The minimum absolute atomic E-state index is 0.227. The molecule has 1 amide bonds. The zero-order valence-corrected chi connectivity index (χ0v) is 14.3. The predicted molar refractivity (Wildman–Crippen MR) is 94.8 cm³/mol. The van der Waals surface area contributed by atoms with E-state index in [0.29, 0.717) is 36.0 Å². The second-order valence-electron chi connectivity index (χ2n) is 5.52. The second-order valence-corrected chi connectivity index (χ2v) is 5.52. The lowest BCUT2D eigenvalue weighted by molar-refractivity contribution is 0.102. The van der Waals surface area contributed by atoms with Crippen LogP contribution in [0.15, 0.2) is 36.7 Å². The number of rotatable bonds is 5. The van der Waals surface area contributed by atoms with Crippen LogP contribution in [0, 0.1) is 0 Å². The van der Waals surface area contributed by atoms with Crippen molar-refractivity contribution in [3.63, 3.8) is 0 Å². The van der Waals surface area contributed by atoms with E-state index in [2.05, 4.69) is 15.2 Å². The maximum Gasteiger partial charge on any atom is 0.257 e. The number of amides is 1. The molecule has 7 nitrogen and oxygen atoms in total. The van der Waals surface area contributed by atoms with Gasteiger partial charge in [-0.1, -0.05) is 0 Å². The van der Waals surface area contributed by atoms with Crippen molar-refractivity contribution in [3.05, 3.63) is 42.2 Å². The van der Waals surface area contributed by atoms with E-state index in [-0.39, 0.29) is 5.91 Å². The number of benzene rings is 1. The first-order chi connectivity index (χ1) is 12.2. The second kappa shape index (κ2) is 7.85. The number of hydrogen-bond acceptors (Lipinski definition) is 6. The molecule has 1 fully saturated rings. The SMILES string of the molecule is COc1cc(NC(=O)c2cccnc2)c(N2CCOCC2)cc1OC. The van der Waals surface area contributed by atoms with Crippen molar-refractivity contribution in [2.75, 3.05) is 50.7 Å². The minimum Gasteiger partial charge on any atom is -0.493 e. The van der Waals surface area contributed by atoms with Gasteiger partial charge in [0.1, 0.15) is 0 Å². The molecule has 1 aromatic carbocycles. The molecule has 0 aliphatic carbocycles. The zero-order chi connectivity index (χ0) is 17.6. The molecule has 0 spiro atoms. The first-order valence-corrected chi connectivity index (χ1v) is 8.03. The van der Waals surface area contributed by atoms with Gasteiger partial charge in [-0.2, -0.15) is 0 Å². The Hall–Kier alpha value is -2.80. The van der Waals surface area contributed by atoms with Gasteiger partial charge >= 0.3 is 0 Å². The largest absolute Gasteiger partial charge is 0.493 e. The summed E-state index contributed by atoms with van der Waals surface area (Å²) >= 11 is 0. The van der Waals surface area contributed by atoms with Crippen LogP contribution in [0.2, 0.25) is 0 Å². The van der Waals surface area contributed by atoms with Crippen LogP contribution >= 0.6 is 0 Å². The molecule has 0 saturated carbocycles. The highest BCUT2D eigenvalue weighted by Crippen LogP contribution is 2.38. The van der Waals surface area contributed by atoms with Gasteiger partial charge in [-0.05, 0) is 12.1 Å². The molecule has 0 bridgehead atoms. The lowest BCUT2D eigenvalue weighted by Gasteiger charge is -2.31. The van der Waals surface area contributed by atoms with Gasteiger partial charge in [0.2, 0.25) is 0 Å². The predicted octanol–water partition coefficient (Wildman–Crippen LogP) is 2.19. The number of nitrogens with one attached hydrogen (secondary N) is 1. The summed E-state index contributed by atoms with van der Waals surface area (Å²) in [6, 6.07) is 7.10. The van der Waals surface area contributed by atoms with Crippen LogP contribution in [0.5, 0.6) is 11.5 Å². The average molecular weight is 343 g/mol. The molecule has 1 aliphatic rings. The van der Waals surface area contributed by atoms with Crippen molar-refractivity contribution in [2.24, 2.45) is 0 Å². The van der Waals surface area contributed by atoms with Gasteiger partial charge in [-0.3, -0.25) is 9.78 Å². The highest BCUT2D eigenvalue weighted by atomic mass is 16.5. The van der Waals surface area contributed by atoms with E-state index in [0.717, 1.165) is 18.8 Å². The Kier molecular flexibility index (Phi) is 5.35. The summed E-state index contributed by atoms with van der Waals surface area (Å²) in [5, 5.41) is 2.95. The standard InChI is InChI=1S/C18H21N3O4/c1-23-16-10-14(20-18(22)13-4-3-5-19-12-13)15(11-17(16)24-2)21-6-8-25-9-7-21/h3-5,10-12H,6-9H2,1-2H3,(H,20,22). The summed E-state index contributed by atoms with van der Waals surface area (Å²) < 4.78 is 16.2. The number of methoxy groups -OCH3 is 2. The molecule has 2 heterocycles. The number of morpholine rings is 1. The fourth-order valence-electron chi connectivity index (χ4n) is 2.73. The maximum absolute atomic E-state index is 12.5. The third-order valence-electron chi connectivity index (χ3n) is 4.03. The monoisotopic (exact) mass is 343 g/mol. The number of aromatic nitrogens is 1. The summed E-state index contributed by atoms with van der Waals surface area (Å²) in [6.45, 7) is 2.77. The number of hydrogen-bond donors (Lipinski definition) is 1. The summed E-state index contributed by atoms with van der Waals surface area (Å²) in [6.07, 6.45) is 3.16. The molecule has 25 heavy (non-hydrogen) atoms. The summed E-state index contributed by atoms with van der Waals surface area (Å²) in [7, 11) is 3.16. The van der Waals surface area contributed by atoms with Crippen LogP contribution in [-0.2, 0) is 4.74 Å². The van der Waals surface area contributed by atoms with Crippen molar-refractivity contribution >= 4 is 17.3 Å². The molecule has 1 saturated heterocycles. The molecule has 2 aromatic rings. The van der Waals surface area contributed by atoms with E-state index in [1.807, 2.05) is 6.07 Å². The Morgan fingerprint density at radius 2 is 1.92 bits per heavy atom. The van der Waals surface area contributed by atoms with E-state index >= 15 is 0 Å². The van der Waals surface area contributed by atoms with Gasteiger partial charge in [0.05, 0.1) is 44.4 Å². The maximum atomic E-state index is 12.5. The van der Waals surface area contributed by atoms with Crippen molar-refractivity contribution in [1.29, 1.82) is 0 Å². The van der Waals surface area contributed by atoms with Crippen molar-refractivity contribution < 1.29 is 19.0 Å². The summed E-state index contributed by atoms with van der Waals surface area (Å²) in [5.41, 5.74) is 2.02. The zero-order valence-electron chi connectivity index (χ0n) is 14.3. The molecular formula is C18H21N3O4. The molecule has 1 aliphatic heterocycles. The smallest absolute Gasteiger partial charge is 0.257 e. The van der Waals surface area contributed by atoms with E-state index in [1.165, 1.54) is 6.20 Å². The Morgan fingerprint density at radius 3 is 2.56 bits per heavy atom. The van der Waals surface area contributed by atoms with Gasteiger partial charge in [-0.15, -0.1) is 0 Å². The van der Waals surface area contributed by atoms with E-state index in [1.54, 1.807) is 38.6 Å². The third kappa shape index (κ3) is 3.83. The normalized spacial score (nSPS) is 14.1. The van der Waals surface area contributed by atoms with Crippen LogP contribution in [0.1, 0.15) is 10.4 Å². The van der Waals surface area contributed by atoms with Crippen molar-refractivity contribution in [3.8, 4) is 11.5 Å². The van der Waals surface area contributed by atoms with Crippen LogP contribution < -0.4 is 19.7 Å². The quantitative estimate of drug-likeness (QED) is 0.897. The highest BCUT2D eigenvalue weighted by Gasteiger charge is 2.20. The summed E-state index contributed by atoms with van der Waals surface area (Å²) in [4.78, 5) is 18.7. The number of ether oxygens (including phenoxy) is 3. The number of carbonyl (C=O) groups is 1. The highest BCUT2D eigenvalue weighted by molar-refractivity contribution is 6.06. The fraction of sp³-hybridized carbons (Fsp3) is 0.333. The average Bonchev–Trinajstić information content (AvgIpc) is 2.69. The molecule has 7 heteroatoms. The van der Waals surface area contributed by atoms with Gasteiger partial charge < -0.3 is 24.4 Å². The van der Waals surface area contributed by atoms with Gasteiger partial charge in [0, 0.05) is 37.6 Å². The van der Waals surface area contributed by atoms with E-state index in [4.69, 9.17) is 14.2 Å². The molecule has 1 aromatic heterocycles. The first-order valence-electron chi connectivity index (χ1n) is 8.03. The van der Waals surface area contributed by atoms with Crippen LogP contribution in [0.4, 0.5) is 11.4 Å². The van der Waals surface area contributed by atoms with Gasteiger partial charge in [-0.25, -0.2) is 0 Å². The molecule has 0 unspecified atom stereocenters. The minimum atomic E-state index is -0.227. The molecule has 0 atom stereocenters. The topological polar surface area (TPSA) is 72.9 Å². The Morgan fingerprint density at radius 1 is 1.20 bits per heavy atom. The van der Waals surface area contributed by atoms with Crippen molar-refractivity contribution in [2.45, 2.75) is 0 Å². The van der Waals surface area contributed by atoms with Gasteiger partial charge in [0.15, 0.2) is 11.5 Å². The number of carbonyl (C=O) groups excluding carboxylic acids is 1. The molecule has 0 radical (unpaired) electrons. The lowest BCUT2D eigenvalue weighted by Crippen LogP contribution is -2.36. The number of anilines is 2. The van der Waals surface area contributed by atoms with Gasteiger partial charge in [0.25, 0.3) is 5.91 Å². The molecule has 3 rings (SSSR count). The number of nitrogens with zero attached hydrogens (tertiary/aromatic N) is 2. The molecular weight excluding hydrogens is 322 g/mol. The lowest BCUT2D eigenvalue weighted by atomic mass is 10.2. The fourth-order valence-corrected chi connectivity index (χ4v) is 2.73. The summed E-state index contributed by atoms with van der Waals surface area (Å²) in [5.74, 6) is 0.944. The third-order valence-corrected chi connectivity index (χ3v) is 4.03. The molecule has 1 N–H and O–H groups in total. The van der Waals surface area contributed by atoms with Crippen LogP contribution in [-0.4, -0.2) is 51.4 Å². The van der Waals surface area contributed by atoms with Crippen LogP contribution in [0.3, 0.4) is 0 Å². The van der Waals surface area contributed by atoms with E-state index in [9.17, 15) is 4.79 Å². The van der Waals surface area contributed by atoms with E-state index < -0.39 is 0 Å².